The summed E-state index contributed by atoms with van der Waals surface area (Å²) in [5.41, 5.74) is 0.317. The normalized spacial score (nSPS) is 12.5. The zero-order chi connectivity index (χ0) is 18.6. The van der Waals surface area contributed by atoms with Crippen molar-refractivity contribution in [2.75, 3.05) is 33.0 Å². The Morgan fingerprint density at radius 3 is 1.83 bits per heavy atom. The molecule has 0 radical (unpaired) electrons. The molecule has 0 N–H and O–H groups in total. The highest BCUT2D eigenvalue weighted by molar-refractivity contribution is 5.86. The second-order valence-corrected chi connectivity index (χ2v) is 4.84. The lowest BCUT2D eigenvalue weighted by Gasteiger charge is -2.37. The fourth-order valence-corrected chi connectivity index (χ4v) is 1.74. The number of rotatable bonds is 14. The standard InChI is InChI=1S/C17H30O7/c1-8-21-17(22-9-2,23-10-3)16(24-14(6)7)20-12-11-19-15(18)13(4)5/h16H,4,6,8-12H2,1-3,5,7H3. The Labute approximate surface area is 144 Å². The molecule has 0 saturated carbocycles. The van der Waals surface area contributed by atoms with Gasteiger partial charge < -0.3 is 28.4 Å². The van der Waals surface area contributed by atoms with Crippen molar-refractivity contribution in [3.8, 4) is 0 Å². The lowest BCUT2D eigenvalue weighted by Crippen LogP contribution is -2.52. The Morgan fingerprint density at radius 2 is 1.46 bits per heavy atom. The summed E-state index contributed by atoms with van der Waals surface area (Å²) in [4.78, 5) is 11.4. The van der Waals surface area contributed by atoms with Gasteiger partial charge in [0.2, 0.25) is 0 Å². The molecule has 0 heterocycles. The first-order chi connectivity index (χ1) is 11.3. The average Bonchev–Trinajstić information content (AvgIpc) is 2.50. The Kier molecular flexibility index (Phi) is 11.3. The molecule has 0 spiro atoms. The number of hydrogen-bond donors (Lipinski definition) is 0. The number of allylic oxidation sites excluding steroid dienone is 1. The lowest BCUT2D eigenvalue weighted by molar-refractivity contribution is -0.449. The van der Waals surface area contributed by atoms with Crippen LogP contribution in [0, 0.1) is 0 Å². The highest BCUT2D eigenvalue weighted by Gasteiger charge is 2.45. The summed E-state index contributed by atoms with van der Waals surface area (Å²) in [5, 5.41) is 0. The third kappa shape index (κ3) is 7.92. The van der Waals surface area contributed by atoms with Gasteiger partial charge in [-0.2, -0.15) is 0 Å². The van der Waals surface area contributed by atoms with Crippen molar-refractivity contribution in [2.24, 2.45) is 0 Å². The fourth-order valence-electron chi connectivity index (χ4n) is 1.74. The van der Waals surface area contributed by atoms with Crippen LogP contribution in [0.5, 0.6) is 0 Å². The summed E-state index contributed by atoms with van der Waals surface area (Å²) >= 11 is 0. The van der Waals surface area contributed by atoms with Gasteiger partial charge in [-0.25, -0.2) is 4.79 Å². The maximum atomic E-state index is 11.4. The van der Waals surface area contributed by atoms with Crippen LogP contribution in [0.1, 0.15) is 34.6 Å². The van der Waals surface area contributed by atoms with Crippen molar-refractivity contribution in [3.63, 3.8) is 0 Å². The van der Waals surface area contributed by atoms with Gasteiger partial charge in [-0.15, -0.1) is 0 Å². The maximum absolute atomic E-state index is 11.4. The van der Waals surface area contributed by atoms with Gasteiger partial charge in [-0.05, 0) is 34.6 Å². The largest absolute Gasteiger partial charge is 0.462 e. The summed E-state index contributed by atoms with van der Waals surface area (Å²) < 4.78 is 33.1. The van der Waals surface area contributed by atoms with Crippen molar-refractivity contribution in [1.29, 1.82) is 0 Å². The van der Waals surface area contributed by atoms with Gasteiger partial charge in [0.05, 0.1) is 12.4 Å². The Morgan fingerprint density at radius 1 is 0.958 bits per heavy atom. The van der Waals surface area contributed by atoms with Crippen LogP contribution >= 0.6 is 0 Å². The molecular weight excluding hydrogens is 316 g/mol. The Balaban J connectivity index is 4.98. The first kappa shape index (κ1) is 22.6. The van der Waals surface area contributed by atoms with Gasteiger partial charge in [0.15, 0.2) is 0 Å². The molecule has 0 rings (SSSR count). The number of carbonyl (C=O) groups excluding carboxylic acids is 1. The zero-order valence-electron chi connectivity index (χ0n) is 15.4. The molecule has 7 heteroatoms. The van der Waals surface area contributed by atoms with Gasteiger partial charge in [0.1, 0.15) is 6.61 Å². The number of hydrogen-bond acceptors (Lipinski definition) is 7. The predicted octanol–water partition coefficient (Wildman–Crippen LogP) is 2.76. The van der Waals surface area contributed by atoms with Gasteiger partial charge in [-0.1, -0.05) is 13.2 Å². The van der Waals surface area contributed by atoms with Crippen molar-refractivity contribution < 1.29 is 33.2 Å². The van der Waals surface area contributed by atoms with Crippen LogP contribution in [-0.2, 0) is 33.2 Å². The van der Waals surface area contributed by atoms with Crippen molar-refractivity contribution >= 4 is 5.97 Å². The van der Waals surface area contributed by atoms with E-state index < -0.39 is 18.2 Å². The summed E-state index contributed by atoms with van der Waals surface area (Å²) in [6.45, 7) is 16.9. The number of esters is 1. The van der Waals surface area contributed by atoms with E-state index in [1.54, 1.807) is 34.6 Å². The molecule has 1 atom stereocenters. The zero-order valence-corrected chi connectivity index (χ0v) is 15.4. The van der Waals surface area contributed by atoms with Gasteiger partial charge in [0, 0.05) is 25.4 Å². The molecule has 0 bridgehead atoms. The topological polar surface area (TPSA) is 72.5 Å². The smallest absolute Gasteiger partial charge is 0.349 e. The lowest BCUT2D eigenvalue weighted by atomic mass is 10.4. The van der Waals surface area contributed by atoms with Crippen LogP contribution in [0.25, 0.3) is 0 Å². The highest BCUT2D eigenvalue weighted by Crippen LogP contribution is 2.26. The van der Waals surface area contributed by atoms with E-state index in [1.165, 1.54) is 0 Å². The van der Waals surface area contributed by atoms with Crippen LogP contribution in [-0.4, -0.2) is 51.3 Å². The summed E-state index contributed by atoms with van der Waals surface area (Å²) in [7, 11) is 0. The highest BCUT2D eigenvalue weighted by atomic mass is 16.9. The molecule has 0 amide bonds. The van der Waals surface area contributed by atoms with Crippen LogP contribution in [0.2, 0.25) is 0 Å². The first-order valence-corrected chi connectivity index (χ1v) is 8.01. The molecule has 0 aliphatic carbocycles. The molecule has 0 aromatic heterocycles. The molecule has 7 nitrogen and oxygen atoms in total. The summed E-state index contributed by atoms with van der Waals surface area (Å²) in [5.74, 6) is -1.61. The second kappa shape index (κ2) is 12.0. The molecular formula is C17H30O7. The van der Waals surface area contributed by atoms with E-state index in [1.807, 2.05) is 0 Å². The molecule has 0 aromatic carbocycles. The van der Waals surface area contributed by atoms with Crippen LogP contribution in [0.15, 0.2) is 24.5 Å². The second-order valence-electron chi connectivity index (χ2n) is 4.84. The van der Waals surface area contributed by atoms with E-state index >= 15 is 0 Å². The van der Waals surface area contributed by atoms with E-state index in [0.29, 0.717) is 31.2 Å². The number of carbonyl (C=O) groups is 1. The van der Waals surface area contributed by atoms with Crippen molar-refractivity contribution in [1.82, 2.24) is 0 Å². The summed E-state index contributed by atoms with van der Waals surface area (Å²) in [6, 6.07) is 0. The van der Waals surface area contributed by atoms with Crippen LogP contribution in [0.3, 0.4) is 0 Å². The molecule has 1 unspecified atom stereocenters. The maximum Gasteiger partial charge on any atom is 0.349 e. The SMILES string of the molecule is C=C(C)OC(OCCOC(=O)C(=C)C)C(OCC)(OCC)OCC. The molecule has 140 valence electrons. The summed E-state index contributed by atoms with van der Waals surface area (Å²) in [6.07, 6.45) is -1.03. The third-order valence-electron chi connectivity index (χ3n) is 2.57. The van der Waals surface area contributed by atoms with Crippen LogP contribution in [0.4, 0.5) is 0 Å². The van der Waals surface area contributed by atoms with E-state index in [2.05, 4.69) is 13.2 Å². The molecule has 0 saturated heterocycles. The van der Waals surface area contributed by atoms with E-state index in [-0.39, 0.29) is 13.2 Å². The Hall–Kier alpha value is -1.41. The minimum Gasteiger partial charge on any atom is -0.462 e. The average molecular weight is 346 g/mol. The number of ether oxygens (including phenoxy) is 6. The third-order valence-corrected chi connectivity index (χ3v) is 2.57. The predicted molar refractivity (Wildman–Crippen MR) is 89.0 cm³/mol. The molecule has 0 aliphatic rings. The van der Waals surface area contributed by atoms with E-state index in [4.69, 9.17) is 28.4 Å². The molecule has 0 aliphatic heterocycles. The quantitative estimate of drug-likeness (QED) is 0.157. The van der Waals surface area contributed by atoms with Gasteiger partial charge in [0.25, 0.3) is 6.29 Å². The fraction of sp³-hybridized carbons (Fsp3) is 0.706. The molecule has 0 aromatic rings. The van der Waals surface area contributed by atoms with Crippen molar-refractivity contribution in [3.05, 3.63) is 24.5 Å². The van der Waals surface area contributed by atoms with E-state index in [0.717, 1.165) is 0 Å². The minimum atomic E-state index is -1.53. The van der Waals surface area contributed by atoms with Gasteiger partial charge in [-0.3, -0.25) is 0 Å². The van der Waals surface area contributed by atoms with Crippen LogP contribution < -0.4 is 0 Å². The van der Waals surface area contributed by atoms with E-state index in [9.17, 15) is 4.79 Å². The molecule has 0 fully saturated rings. The van der Waals surface area contributed by atoms with Crippen molar-refractivity contribution in [2.45, 2.75) is 46.9 Å². The Bertz CT molecular complexity index is 389. The van der Waals surface area contributed by atoms with Gasteiger partial charge >= 0.3 is 11.9 Å². The monoisotopic (exact) mass is 346 g/mol. The minimum absolute atomic E-state index is 0.0300. The molecule has 24 heavy (non-hydrogen) atoms. The first-order valence-electron chi connectivity index (χ1n) is 8.01.